The molecule has 1 heterocycles. The van der Waals surface area contributed by atoms with E-state index in [2.05, 4.69) is 48.6 Å². The predicted molar refractivity (Wildman–Crippen MR) is 57.5 cm³/mol. The molecule has 0 aliphatic rings. The van der Waals surface area contributed by atoms with E-state index in [0.717, 1.165) is 18.4 Å². The van der Waals surface area contributed by atoms with E-state index in [-0.39, 0.29) is 0 Å². The third kappa shape index (κ3) is 3.69. The second-order valence-corrected chi connectivity index (χ2v) is 4.59. The molecule has 0 fully saturated rings. The van der Waals surface area contributed by atoms with Gasteiger partial charge >= 0.3 is 0 Å². The average Bonchev–Trinajstić information content (AvgIpc) is 2.37. The number of nitrogens with one attached hydrogen (secondary N) is 1. The topological polar surface area (TPSA) is 12.0 Å². The normalized spacial score (nSPS) is 10.4. The smallest absolute Gasteiger partial charge is 0.0517 e. The highest BCUT2D eigenvalue weighted by Crippen LogP contribution is 2.19. The lowest BCUT2D eigenvalue weighted by Gasteiger charge is -1.96. The van der Waals surface area contributed by atoms with Crippen LogP contribution in [0.15, 0.2) is 15.9 Å². The zero-order chi connectivity index (χ0) is 8.10. The molecule has 0 aromatic carbocycles. The highest BCUT2D eigenvalue weighted by atomic mass is 79.9. The van der Waals surface area contributed by atoms with E-state index in [1.807, 2.05) is 0 Å². The molecule has 0 saturated heterocycles. The summed E-state index contributed by atoms with van der Waals surface area (Å²) in [6.07, 6.45) is 1.11. The van der Waals surface area contributed by atoms with Gasteiger partial charge in [-0.25, -0.2) is 0 Å². The molecule has 0 amide bonds. The van der Waals surface area contributed by atoms with Gasteiger partial charge in [0.1, 0.15) is 0 Å². The van der Waals surface area contributed by atoms with Crippen LogP contribution in [0.5, 0.6) is 0 Å². The van der Waals surface area contributed by atoms with E-state index in [1.165, 1.54) is 9.35 Å². The molecule has 1 nitrogen and oxygen atoms in total. The van der Waals surface area contributed by atoms with Crippen LogP contribution in [0.2, 0.25) is 0 Å². The third-order valence-electron chi connectivity index (χ3n) is 1.26. The summed E-state index contributed by atoms with van der Waals surface area (Å²) >= 11 is 8.53. The van der Waals surface area contributed by atoms with E-state index in [9.17, 15) is 0 Å². The molecule has 0 aliphatic heterocycles. The van der Waals surface area contributed by atoms with Crippen molar-refractivity contribution in [3.8, 4) is 0 Å². The summed E-state index contributed by atoms with van der Waals surface area (Å²) in [6, 6.07) is 2.17. The fraction of sp³-hybridized carbons (Fsp3) is 0.429. The standard InChI is InChI=1S/C7H9Br2NS/c8-5-10-2-1-7-3-6(9)4-11-7/h3-4,10H,1-2,5H2. The largest absolute Gasteiger partial charge is 0.307 e. The quantitative estimate of drug-likeness (QED) is 0.512. The minimum absolute atomic E-state index is 0.875. The average molecular weight is 299 g/mol. The first-order valence-electron chi connectivity index (χ1n) is 3.32. The first kappa shape index (κ1) is 9.71. The van der Waals surface area contributed by atoms with Gasteiger partial charge in [0.2, 0.25) is 0 Å². The van der Waals surface area contributed by atoms with Crippen molar-refractivity contribution >= 4 is 43.2 Å². The molecular weight excluding hydrogens is 290 g/mol. The lowest BCUT2D eigenvalue weighted by molar-refractivity contribution is 0.786. The molecule has 0 atom stereocenters. The summed E-state index contributed by atoms with van der Waals surface area (Å²) in [6.45, 7) is 1.04. The Bertz CT molecular complexity index is 212. The lowest BCUT2D eigenvalue weighted by atomic mass is 10.3. The zero-order valence-corrected chi connectivity index (χ0v) is 9.93. The van der Waals surface area contributed by atoms with Crippen LogP contribution in [0.1, 0.15) is 4.88 Å². The first-order valence-corrected chi connectivity index (χ1v) is 6.12. The maximum atomic E-state index is 3.42. The molecule has 0 bridgehead atoms. The van der Waals surface area contributed by atoms with Gasteiger partial charge in [-0.05, 0) is 28.4 Å². The summed E-state index contributed by atoms with van der Waals surface area (Å²) in [7, 11) is 0. The predicted octanol–water partition coefficient (Wildman–Crippen LogP) is 3.00. The molecule has 4 heteroatoms. The van der Waals surface area contributed by atoms with Crippen molar-refractivity contribution in [2.45, 2.75) is 6.42 Å². The van der Waals surface area contributed by atoms with Crippen LogP contribution < -0.4 is 5.32 Å². The summed E-state index contributed by atoms with van der Waals surface area (Å²) in [5.74, 6) is 0. The van der Waals surface area contributed by atoms with Crippen LogP contribution in [0.3, 0.4) is 0 Å². The zero-order valence-electron chi connectivity index (χ0n) is 5.94. The van der Waals surface area contributed by atoms with Crippen molar-refractivity contribution in [3.05, 3.63) is 20.8 Å². The third-order valence-corrected chi connectivity index (χ3v) is 3.42. The van der Waals surface area contributed by atoms with Crippen molar-refractivity contribution in [2.24, 2.45) is 0 Å². The van der Waals surface area contributed by atoms with Crippen molar-refractivity contribution in [2.75, 3.05) is 12.0 Å². The summed E-state index contributed by atoms with van der Waals surface area (Å²) in [4.78, 5) is 1.42. The van der Waals surface area contributed by atoms with Crippen LogP contribution in [0.25, 0.3) is 0 Å². The van der Waals surface area contributed by atoms with Gasteiger partial charge < -0.3 is 5.32 Å². The monoisotopic (exact) mass is 297 g/mol. The summed E-state index contributed by atoms with van der Waals surface area (Å²) in [5.41, 5.74) is 0.875. The Kier molecular flexibility index (Phi) is 4.67. The van der Waals surface area contributed by atoms with Gasteiger partial charge in [0.05, 0.1) is 5.45 Å². The maximum Gasteiger partial charge on any atom is 0.0517 e. The summed E-state index contributed by atoms with van der Waals surface area (Å²) in [5, 5.41) is 5.33. The van der Waals surface area contributed by atoms with Gasteiger partial charge in [0, 0.05) is 21.3 Å². The van der Waals surface area contributed by atoms with Crippen LogP contribution >= 0.6 is 43.2 Å². The van der Waals surface area contributed by atoms with E-state index in [1.54, 1.807) is 11.3 Å². The molecule has 0 radical (unpaired) electrons. The molecule has 1 aromatic rings. The lowest BCUT2D eigenvalue weighted by Crippen LogP contribution is -2.13. The number of halogens is 2. The van der Waals surface area contributed by atoms with Gasteiger partial charge in [-0.2, -0.15) is 0 Å². The van der Waals surface area contributed by atoms with Gasteiger partial charge in [-0.3, -0.25) is 0 Å². The van der Waals surface area contributed by atoms with Gasteiger partial charge in [0.25, 0.3) is 0 Å². The van der Waals surface area contributed by atoms with Crippen LogP contribution in [-0.4, -0.2) is 12.0 Å². The number of rotatable bonds is 4. The molecular formula is C7H9Br2NS. The number of thiophene rings is 1. The van der Waals surface area contributed by atoms with Crippen LogP contribution in [-0.2, 0) is 6.42 Å². The second-order valence-electron chi connectivity index (χ2n) is 2.11. The Balaban J connectivity index is 2.27. The van der Waals surface area contributed by atoms with Crippen molar-refractivity contribution in [3.63, 3.8) is 0 Å². The molecule has 1 N–H and O–H groups in total. The highest BCUT2D eigenvalue weighted by molar-refractivity contribution is 9.10. The molecule has 1 rings (SSSR count). The van der Waals surface area contributed by atoms with Gasteiger partial charge in [-0.15, -0.1) is 11.3 Å². The first-order chi connectivity index (χ1) is 5.33. The SMILES string of the molecule is BrCNCCc1cc(Br)cs1. The number of hydrogen-bond donors (Lipinski definition) is 1. The Labute approximate surface area is 87.5 Å². The van der Waals surface area contributed by atoms with Crippen LogP contribution in [0.4, 0.5) is 0 Å². The molecule has 11 heavy (non-hydrogen) atoms. The maximum absolute atomic E-state index is 3.42. The van der Waals surface area contributed by atoms with Crippen molar-refractivity contribution in [1.82, 2.24) is 5.32 Å². The van der Waals surface area contributed by atoms with E-state index < -0.39 is 0 Å². The second kappa shape index (κ2) is 5.30. The molecule has 0 aliphatic carbocycles. The van der Waals surface area contributed by atoms with E-state index in [4.69, 9.17) is 0 Å². The fourth-order valence-electron chi connectivity index (χ4n) is 0.763. The molecule has 0 saturated carbocycles. The minimum Gasteiger partial charge on any atom is -0.307 e. The summed E-state index contributed by atoms with van der Waals surface area (Å²) < 4.78 is 1.19. The van der Waals surface area contributed by atoms with E-state index >= 15 is 0 Å². The van der Waals surface area contributed by atoms with Crippen LogP contribution in [0, 0.1) is 0 Å². The Morgan fingerprint density at radius 2 is 2.36 bits per heavy atom. The van der Waals surface area contributed by atoms with Crippen molar-refractivity contribution < 1.29 is 0 Å². The number of alkyl halides is 1. The molecule has 0 spiro atoms. The van der Waals surface area contributed by atoms with Gasteiger partial charge in [0.15, 0.2) is 0 Å². The molecule has 62 valence electrons. The molecule has 1 aromatic heterocycles. The van der Waals surface area contributed by atoms with Crippen molar-refractivity contribution in [1.29, 1.82) is 0 Å². The fourth-order valence-corrected chi connectivity index (χ4v) is 2.50. The highest BCUT2D eigenvalue weighted by Gasteiger charge is 1.95. The Morgan fingerprint density at radius 1 is 1.55 bits per heavy atom. The minimum atomic E-state index is 0.875. The van der Waals surface area contributed by atoms with Gasteiger partial charge in [-0.1, -0.05) is 15.9 Å². The molecule has 0 unspecified atom stereocenters. The number of hydrogen-bond acceptors (Lipinski definition) is 2. The Hall–Kier alpha value is 0.620. The Morgan fingerprint density at radius 3 is 2.91 bits per heavy atom. The van der Waals surface area contributed by atoms with E-state index in [0.29, 0.717) is 0 Å².